The number of nitrogens with one attached hydrogen (secondary N) is 1. The Morgan fingerprint density at radius 1 is 1.04 bits per heavy atom. The molecule has 5 heteroatoms. The molecule has 0 aliphatic heterocycles. The standard InChI is InChI=1S/C19H23NO3S/c1-3-15-8-10-18(11-9-15)24(21,22)20-14-19(23-2)12-16-6-4-5-7-17(16)13-19/h4-11,20H,3,12-14H2,1-2H3. The zero-order valence-electron chi connectivity index (χ0n) is 14.1. The van der Waals surface area contributed by atoms with Gasteiger partial charge in [0.25, 0.3) is 0 Å². The van der Waals surface area contributed by atoms with Crippen molar-refractivity contribution < 1.29 is 13.2 Å². The topological polar surface area (TPSA) is 55.4 Å². The van der Waals surface area contributed by atoms with Crippen molar-refractivity contribution in [2.45, 2.75) is 36.7 Å². The predicted molar refractivity (Wildman–Crippen MR) is 94.6 cm³/mol. The zero-order valence-corrected chi connectivity index (χ0v) is 14.9. The number of hydrogen-bond donors (Lipinski definition) is 1. The van der Waals surface area contributed by atoms with Gasteiger partial charge in [0.1, 0.15) is 0 Å². The summed E-state index contributed by atoms with van der Waals surface area (Å²) in [6, 6.07) is 15.2. The smallest absolute Gasteiger partial charge is 0.240 e. The van der Waals surface area contributed by atoms with Gasteiger partial charge in [-0.3, -0.25) is 0 Å². The van der Waals surface area contributed by atoms with Crippen LogP contribution in [0.2, 0.25) is 0 Å². The summed E-state index contributed by atoms with van der Waals surface area (Å²) in [4.78, 5) is 0.293. The predicted octanol–water partition coefficient (Wildman–Crippen LogP) is 2.71. The summed E-state index contributed by atoms with van der Waals surface area (Å²) in [5.41, 5.74) is 3.06. The van der Waals surface area contributed by atoms with Crippen LogP contribution in [-0.2, 0) is 34.0 Å². The second-order valence-electron chi connectivity index (χ2n) is 6.33. The van der Waals surface area contributed by atoms with Gasteiger partial charge in [-0.05, 0) is 35.2 Å². The second kappa shape index (κ2) is 6.67. The molecular formula is C19H23NO3S. The van der Waals surface area contributed by atoms with Crippen LogP contribution >= 0.6 is 0 Å². The molecule has 0 bridgehead atoms. The first-order chi connectivity index (χ1) is 11.5. The number of sulfonamides is 1. The van der Waals surface area contributed by atoms with Gasteiger partial charge in [0.05, 0.1) is 10.5 Å². The van der Waals surface area contributed by atoms with Crippen molar-refractivity contribution in [3.63, 3.8) is 0 Å². The Bertz CT molecular complexity index is 788. The maximum atomic E-state index is 12.6. The Balaban J connectivity index is 1.74. The largest absolute Gasteiger partial charge is 0.376 e. The lowest BCUT2D eigenvalue weighted by Gasteiger charge is -2.27. The molecule has 1 aliphatic rings. The van der Waals surface area contributed by atoms with Crippen LogP contribution in [0.1, 0.15) is 23.6 Å². The molecule has 2 aromatic rings. The molecule has 0 fully saturated rings. The van der Waals surface area contributed by atoms with Gasteiger partial charge in [-0.25, -0.2) is 13.1 Å². The van der Waals surface area contributed by atoms with Crippen LogP contribution in [-0.4, -0.2) is 27.7 Å². The third kappa shape index (κ3) is 3.38. The van der Waals surface area contributed by atoms with Gasteiger partial charge in [0.15, 0.2) is 0 Å². The van der Waals surface area contributed by atoms with E-state index < -0.39 is 15.6 Å². The van der Waals surface area contributed by atoms with Gasteiger partial charge >= 0.3 is 0 Å². The van der Waals surface area contributed by atoms with Crippen LogP contribution in [0.15, 0.2) is 53.4 Å². The Labute approximate surface area is 143 Å². The van der Waals surface area contributed by atoms with Crippen LogP contribution in [0, 0.1) is 0 Å². The molecule has 3 rings (SSSR count). The van der Waals surface area contributed by atoms with E-state index in [1.807, 2.05) is 31.2 Å². The fraction of sp³-hybridized carbons (Fsp3) is 0.368. The normalized spacial score (nSPS) is 16.1. The zero-order chi connectivity index (χ0) is 17.2. The highest BCUT2D eigenvalue weighted by atomic mass is 32.2. The molecule has 4 nitrogen and oxygen atoms in total. The lowest BCUT2D eigenvalue weighted by atomic mass is 10.0. The van der Waals surface area contributed by atoms with E-state index in [0.717, 1.165) is 24.8 Å². The Morgan fingerprint density at radius 2 is 1.62 bits per heavy atom. The van der Waals surface area contributed by atoms with Gasteiger partial charge in [0, 0.05) is 26.5 Å². The molecule has 128 valence electrons. The average molecular weight is 345 g/mol. The van der Waals surface area contributed by atoms with E-state index in [4.69, 9.17) is 4.74 Å². The SMILES string of the molecule is CCc1ccc(S(=O)(=O)NCC2(OC)Cc3ccccc3C2)cc1. The second-order valence-corrected chi connectivity index (χ2v) is 8.10. The van der Waals surface area contributed by atoms with E-state index in [2.05, 4.69) is 16.9 Å². The maximum Gasteiger partial charge on any atom is 0.240 e. The Hall–Kier alpha value is -1.69. The van der Waals surface area contributed by atoms with Crippen molar-refractivity contribution in [2.75, 3.05) is 13.7 Å². The molecule has 1 aliphatic carbocycles. The summed E-state index contributed by atoms with van der Waals surface area (Å²) in [5, 5.41) is 0. The van der Waals surface area contributed by atoms with Crippen LogP contribution in [0.5, 0.6) is 0 Å². The van der Waals surface area contributed by atoms with E-state index in [1.54, 1.807) is 19.2 Å². The quantitative estimate of drug-likeness (QED) is 0.876. The Kier molecular flexibility index (Phi) is 4.76. The molecule has 0 saturated carbocycles. The number of hydrogen-bond acceptors (Lipinski definition) is 3. The summed E-state index contributed by atoms with van der Waals surface area (Å²) in [5.74, 6) is 0. The first kappa shape index (κ1) is 17.1. The van der Waals surface area contributed by atoms with Gasteiger partial charge in [-0.1, -0.05) is 43.3 Å². The molecule has 1 N–H and O–H groups in total. The van der Waals surface area contributed by atoms with Crippen molar-refractivity contribution in [3.8, 4) is 0 Å². The van der Waals surface area contributed by atoms with E-state index in [1.165, 1.54) is 11.1 Å². The van der Waals surface area contributed by atoms with Crippen LogP contribution < -0.4 is 4.72 Å². The monoisotopic (exact) mass is 345 g/mol. The molecule has 2 aromatic carbocycles. The summed E-state index contributed by atoms with van der Waals surface area (Å²) >= 11 is 0. The number of benzene rings is 2. The van der Waals surface area contributed by atoms with Crippen molar-refractivity contribution in [1.29, 1.82) is 0 Å². The third-order valence-electron chi connectivity index (χ3n) is 4.80. The first-order valence-electron chi connectivity index (χ1n) is 8.18. The molecule has 0 radical (unpaired) electrons. The molecule has 0 unspecified atom stereocenters. The highest BCUT2D eigenvalue weighted by molar-refractivity contribution is 7.89. The van der Waals surface area contributed by atoms with Gasteiger partial charge < -0.3 is 4.74 Å². The van der Waals surface area contributed by atoms with Crippen LogP contribution in [0.4, 0.5) is 0 Å². The van der Waals surface area contributed by atoms with Crippen LogP contribution in [0.3, 0.4) is 0 Å². The van der Waals surface area contributed by atoms with Crippen molar-refractivity contribution in [2.24, 2.45) is 0 Å². The molecule has 24 heavy (non-hydrogen) atoms. The molecule has 0 heterocycles. The fourth-order valence-corrected chi connectivity index (χ4v) is 4.33. The first-order valence-corrected chi connectivity index (χ1v) is 9.67. The summed E-state index contributed by atoms with van der Waals surface area (Å²) in [7, 11) is -1.89. The molecule has 0 amide bonds. The Morgan fingerprint density at radius 3 is 2.12 bits per heavy atom. The number of fused-ring (bicyclic) bond motifs is 1. The lowest BCUT2D eigenvalue weighted by molar-refractivity contribution is 0.00378. The number of ether oxygens (including phenoxy) is 1. The van der Waals surface area contributed by atoms with Gasteiger partial charge in [-0.2, -0.15) is 0 Å². The van der Waals surface area contributed by atoms with Gasteiger partial charge in [0.2, 0.25) is 10.0 Å². The van der Waals surface area contributed by atoms with Crippen molar-refractivity contribution >= 4 is 10.0 Å². The minimum Gasteiger partial charge on any atom is -0.376 e. The summed E-state index contributed by atoms with van der Waals surface area (Å²) in [6.07, 6.45) is 2.33. The maximum absolute atomic E-state index is 12.6. The minimum absolute atomic E-state index is 0.260. The molecular weight excluding hydrogens is 322 g/mol. The molecule has 0 spiro atoms. The number of aryl methyl sites for hydroxylation is 1. The molecule has 0 aromatic heterocycles. The van der Waals surface area contributed by atoms with Crippen molar-refractivity contribution in [1.82, 2.24) is 4.72 Å². The van der Waals surface area contributed by atoms with E-state index in [9.17, 15) is 8.42 Å². The highest BCUT2D eigenvalue weighted by Crippen LogP contribution is 2.32. The summed E-state index contributed by atoms with van der Waals surface area (Å²) in [6.45, 7) is 2.30. The highest BCUT2D eigenvalue weighted by Gasteiger charge is 2.38. The number of rotatable bonds is 6. The fourth-order valence-electron chi connectivity index (χ4n) is 3.21. The lowest BCUT2D eigenvalue weighted by Crippen LogP contribution is -2.45. The van der Waals surface area contributed by atoms with Crippen molar-refractivity contribution in [3.05, 3.63) is 65.2 Å². The third-order valence-corrected chi connectivity index (χ3v) is 6.22. The van der Waals surface area contributed by atoms with E-state index >= 15 is 0 Å². The van der Waals surface area contributed by atoms with Crippen LogP contribution in [0.25, 0.3) is 0 Å². The number of methoxy groups -OCH3 is 1. The van der Waals surface area contributed by atoms with Gasteiger partial charge in [-0.15, -0.1) is 0 Å². The van der Waals surface area contributed by atoms with E-state index in [0.29, 0.717) is 4.90 Å². The summed E-state index contributed by atoms with van der Waals surface area (Å²) < 4.78 is 33.6. The van der Waals surface area contributed by atoms with E-state index in [-0.39, 0.29) is 6.54 Å². The minimum atomic E-state index is -3.54. The molecule has 0 atom stereocenters. The average Bonchev–Trinajstić information content (AvgIpc) is 2.99. The molecule has 0 saturated heterocycles.